The van der Waals surface area contributed by atoms with E-state index in [-0.39, 0.29) is 25.1 Å². The number of nitrogens with two attached hydrogens (primary N) is 1. The van der Waals surface area contributed by atoms with Gasteiger partial charge in [-0.1, -0.05) is 30.3 Å². The van der Waals surface area contributed by atoms with Crippen molar-refractivity contribution in [1.29, 1.82) is 0 Å². The SMILES string of the molecule is CC(O)C(NC(=O)C(Cc1c[nH]c2ccccc12)NC(=O)CN)C(=O)NC(Cc1ccc(O)cc1)C(=O)O. The molecule has 0 bridgehead atoms. The van der Waals surface area contributed by atoms with Gasteiger partial charge in [-0.15, -0.1) is 0 Å². The number of para-hydroxylation sites is 1. The number of rotatable bonds is 12. The van der Waals surface area contributed by atoms with Crippen LogP contribution in [0.1, 0.15) is 18.1 Å². The molecule has 3 rings (SSSR count). The molecule has 12 nitrogen and oxygen atoms in total. The maximum Gasteiger partial charge on any atom is 0.326 e. The molecule has 9 N–H and O–H groups in total. The van der Waals surface area contributed by atoms with E-state index in [1.54, 1.807) is 6.20 Å². The van der Waals surface area contributed by atoms with Crippen LogP contribution in [-0.4, -0.2) is 74.8 Å². The van der Waals surface area contributed by atoms with E-state index in [0.717, 1.165) is 16.5 Å². The van der Waals surface area contributed by atoms with Crippen molar-refractivity contribution in [2.75, 3.05) is 6.54 Å². The van der Waals surface area contributed by atoms with Crippen molar-refractivity contribution in [3.63, 3.8) is 0 Å². The molecule has 0 radical (unpaired) electrons. The zero-order chi connectivity index (χ0) is 27.8. The molecule has 12 heteroatoms. The van der Waals surface area contributed by atoms with Gasteiger partial charge in [0.05, 0.1) is 12.6 Å². The molecule has 0 fully saturated rings. The summed E-state index contributed by atoms with van der Waals surface area (Å²) in [6, 6.07) is 9.18. The Balaban J connectivity index is 1.76. The number of aliphatic hydroxyl groups excluding tert-OH is 1. The highest BCUT2D eigenvalue weighted by Crippen LogP contribution is 2.19. The van der Waals surface area contributed by atoms with E-state index < -0.39 is 47.9 Å². The van der Waals surface area contributed by atoms with Crippen LogP contribution in [0.15, 0.2) is 54.7 Å². The maximum atomic E-state index is 13.2. The molecule has 38 heavy (non-hydrogen) atoms. The van der Waals surface area contributed by atoms with Crippen molar-refractivity contribution in [2.45, 2.75) is 44.0 Å². The molecule has 3 aromatic rings. The van der Waals surface area contributed by atoms with E-state index in [4.69, 9.17) is 5.73 Å². The number of carboxylic acid groups (broad SMARTS) is 1. The molecule has 0 spiro atoms. The predicted molar refractivity (Wildman–Crippen MR) is 138 cm³/mol. The number of aromatic hydroxyl groups is 1. The number of aromatic nitrogens is 1. The molecule has 4 unspecified atom stereocenters. The number of aliphatic carboxylic acids is 1. The number of carboxylic acids is 1. The van der Waals surface area contributed by atoms with Crippen LogP contribution in [0.3, 0.4) is 0 Å². The number of phenols is 1. The Labute approximate surface area is 218 Å². The van der Waals surface area contributed by atoms with E-state index >= 15 is 0 Å². The minimum Gasteiger partial charge on any atom is -0.508 e. The lowest BCUT2D eigenvalue weighted by atomic mass is 10.0. The fourth-order valence-electron chi connectivity index (χ4n) is 3.97. The molecule has 0 aliphatic heterocycles. The Morgan fingerprint density at radius 1 is 0.921 bits per heavy atom. The van der Waals surface area contributed by atoms with Gasteiger partial charge < -0.3 is 42.0 Å². The first-order valence-corrected chi connectivity index (χ1v) is 11.9. The number of fused-ring (bicyclic) bond motifs is 1. The van der Waals surface area contributed by atoms with E-state index in [2.05, 4.69) is 20.9 Å². The van der Waals surface area contributed by atoms with Gasteiger partial charge in [-0.2, -0.15) is 0 Å². The fraction of sp³-hybridized carbons (Fsp3) is 0.308. The fourth-order valence-corrected chi connectivity index (χ4v) is 3.97. The third-order valence-corrected chi connectivity index (χ3v) is 5.99. The topological polar surface area (TPSA) is 207 Å². The second-order valence-corrected chi connectivity index (χ2v) is 8.88. The highest BCUT2D eigenvalue weighted by Gasteiger charge is 2.32. The normalized spacial score (nSPS) is 14.2. The number of amides is 3. The van der Waals surface area contributed by atoms with Crippen molar-refractivity contribution < 1.29 is 34.5 Å². The Kier molecular flexibility index (Phi) is 9.41. The van der Waals surface area contributed by atoms with Gasteiger partial charge in [0.25, 0.3) is 0 Å². The molecule has 1 heterocycles. The van der Waals surface area contributed by atoms with E-state index in [1.165, 1.54) is 31.2 Å². The van der Waals surface area contributed by atoms with Crippen LogP contribution in [0.5, 0.6) is 5.75 Å². The van der Waals surface area contributed by atoms with Gasteiger partial charge in [0.15, 0.2) is 0 Å². The largest absolute Gasteiger partial charge is 0.508 e. The third kappa shape index (κ3) is 7.31. The minimum absolute atomic E-state index is 0.00506. The number of carbonyl (C=O) groups is 4. The lowest BCUT2D eigenvalue weighted by Crippen LogP contribution is -2.59. The molecule has 0 saturated heterocycles. The average Bonchev–Trinajstić information content (AvgIpc) is 3.29. The monoisotopic (exact) mass is 525 g/mol. The van der Waals surface area contributed by atoms with Crippen molar-refractivity contribution >= 4 is 34.6 Å². The molecule has 0 aliphatic rings. The van der Waals surface area contributed by atoms with E-state index in [0.29, 0.717) is 5.56 Å². The summed E-state index contributed by atoms with van der Waals surface area (Å²) in [5, 5.41) is 37.4. The summed E-state index contributed by atoms with van der Waals surface area (Å²) < 4.78 is 0. The number of nitrogens with one attached hydrogen (secondary N) is 4. The van der Waals surface area contributed by atoms with E-state index in [9.17, 15) is 34.5 Å². The summed E-state index contributed by atoms with van der Waals surface area (Å²) in [6.45, 7) is 0.906. The Morgan fingerprint density at radius 3 is 2.24 bits per heavy atom. The number of H-pyrrole nitrogens is 1. The summed E-state index contributed by atoms with van der Waals surface area (Å²) in [5.74, 6) is -3.60. The minimum atomic E-state index is -1.51. The zero-order valence-electron chi connectivity index (χ0n) is 20.7. The number of hydrogen-bond acceptors (Lipinski definition) is 7. The molecule has 4 atom stereocenters. The van der Waals surface area contributed by atoms with Crippen molar-refractivity contribution in [3.8, 4) is 5.75 Å². The summed E-state index contributed by atoms with van der Waals surface area (Å²) >= 11 is 0. The summed E-state index contributed by atoms with van der Waals surface area (Å²) in [7, 11) is 0. The maximum absolute atomic E-state index is 13.2. The van der Waals surface area contributed by atoms with Crippen molar-refractivity contribution in [2.24, 2.45) is 5.73 Å². The number of aromatic amines is 1. The molecule has 2 aromatic carbocycles. The third-order valence-electron chi connectivity index (χ3n) is 5.99. The van der Waals surface area contributed by atoms with Gasteiger partial charge in [0, 0.05) is 29.9 Å². The first-order valence-electron chi connectivity index (χ1n) is 11.9. The quantitative estimate of drug-likeness (QED) is 0.155. The van der Waals surface area contributed by atoms with Gasteiger partial charge in [-0.25, -0.2) is 4.79 Å². The van der Waals surface area contributed by atoms with Gasteiger partial charge >= 0.3 is 5.97 Å². The van der Waals surface area contributed by atoms with Crippen LogP contribution >= 0.6 is 0 Å². The first kappa shape index (κ1) is 28.2. The second kappa shape index (κ2) is 12.7. The van der Waals surface area contributed by atoms with E-state index in [1.807, 2.05) is 24.3 Å². The molecular formula is C26H31N5O7. The highest BCUT2D eigenvalue weighted by atomic mass is 16.4. The van der Waals surface area contributed by atoms with Crippen LogP contribution in [-0.2, 0) is 32.0 Å². The number of hydrogen-bond donors (Lipinski definition) is 8. The lowest BCUT2D eigenvalue weighted by Gasteiger charge is -2.26. The molecule has 1 aromatic heterocycles. The van der Waals surface area contributed by atoms with Crippen LogP contribution in [0.25, 0.3) is 10.9 Å². The number of carbonyl (C=O) groups excluding carboxylic acids is 3. The van der Waals surface area contributed by atoms with Gasteiger partial charge in [-0.3, -0.25) is 14.4 Å². The Morgan fingerprint density at radius 2 is 1.61 bits per heavy atom. The van der Waals surface area contributed by atoms with Crippen LogP contribution in [0.4, 0.5) is 0 Å². The van der Waals surface area contributed by atoms with Crippen LogP contribution in [0, 0.1) is 0 Å². The summed E-state index contributed by atoms with van der Waals surface area (Å²) in [6.07, 6.45) is 0.284. The molecule has 202 valence electrons. The highest BCUT2D eigenvalue weighted by molar-refractivity contribution is 5.94. The summed E-state index contributed by atoms with van der Waals surface area (Å²) in [5.41, 5.74) is 7.52. The zero-order valence-corrected chi connectivity index (χ0v) is 20.7. The lowest BCUT2D eigenvalue weighted by molar-refractivity contribution is -0.143. The van der Waals surface area contributed by atoms with Crippen LogP contribution in [0.2, 0.25) is 0 Å². The van der Waals surface area contributed by atoms with Gasteiger partial charge in [0.1, 0.15) is 23.9 Å². The standard InChI is InChI=1S/C26H31N5O7/c1-14(32)23(25(36)30-21(26(37)38)10-15-6-8-17(33)9-7-15)31-24(35)20(29-22(34)12-27)11-16-13-28-19-5-3-2-4-18(16)19/h2-9,13-14,20-21,23,28,32-33H,10-12,27H2,1H3,(H,29,34)(H,30,36)(H,31,35)(H,37,38). The average molecular weight is 526 g/mol. The molecule has 3 amide bonds. The molecule has 0 aliphatic carbocycles. The first-order chi connectivity index (χ1) is 18.1. The Bertz CT molecular complexity index is 1290. The molecular weight excluding hydrogens is 494 g/mol. The van der Waals surface area contributed by atoms with Gasteiger partial charge in [0.2, 0.25) is 17.7 Å². The van der Waals surface area contributed by atoms with Crippen LogP contribution < -0.4 is 21.7 Å². The Hall–Kier alpha value is -4.42. The summed E-state index contributed by atoms with van der Waals surface area (Å²) in [4.78, 5) is 53.1. The predicted octanol–water partition coefficient (Wildman–Crippen LogP) is -0.463. The second-order valence-electron chi connectivity index (χ2n) is 8.88. The van der Waals surface area contributed by atoms with Gasteiger partial charge in [-0.05, 0) is 36.2 Å². The number of benzene rings is 2. The molecule has 0 saturated carbocycles. The van der Waals surface area contributed by atoms with Crippen molar-refractivity contribution in [1.82, 2.24) is 20.9 Å². The number of aliphatic hydroxyl groups is 1. The van der Waals surface area contributed by atoms with Crippen molar-refractivity contribution in [3.05, 3.63) is 65.9 Å². The smallest absolute Gasteiger partial charge is 0.326 e. The number of phenolic OH excluding ortho intramolecular Hbond substituents is 1.